The maximum absolute atomic E-state index is 11.6. The zero-order chi connectivity index (χ0) is 12.7. The van der Waals surface area contributed by atoms with Crippen molar-refractivity contribution in [2.24, 2.45) is 5.92 Å². The Labute approximate surface area is 115 Å². The summed E-state index contributed by atoms with van der Waals surface area (Å²) in [6.45, 7) is 6.12. The van der Waals surface area contributed by atoms with E-state index in [0.29, 0.717) is 25.4 Å². The van der Waals surface area contributed by atoms with Gasteiger partial charge in [0.15, 0.2) is 0 Å². The molecule has 0 aromatic heterocycles. The van der Waals surface area contributed by atoms with Crippen molar-refractivity contribution in [2.45, 2.75) is 39.2 Å². The fourth-order valence-electron chi connectivity index (χ4n) is 1.74. The van der Waals surface area contributed by atoms with Crippen LogP contribution in [0.5, 0.6) is 0 Å². The van der Waals surface area contributed by atoms with Crippen LogP contribution < -0.4 is 16.0 Å². The van der Waals surface area contributed by atoms with Crippen LogP contribution in [0.4, 0.5) is 0 Å². The number of hydrogen-bond acceptors (Lipinski definition) is 3. The zero-order valence-corrected chi connectivity index (χ0v) is 11.9. The van der Waals surface area contributed by atoms with Crippen molar-refractivity contribution >= 4 is 24.2 Å². The van der Waals surface area contributed by atoms with Gasteiger partial charge < -0.3 is 16.0 Å². The first-order valence-corrected chi connectivity index (χ1v) is 6.37. The lowest BCUT2D eigenvalue weighted by Gasteiger charge is -2.11. The molecule has 18 heavy (non-hydrogen) atoms. The van der Waals surface area contributed by atoms with Gasteiger partial charge in [0.25, 0.3) is 0 Å². The standard InChI is InChI=1S/C12H23N3O2.ClH/c1-9(2)8-15-11(16)5-7-14-12(17)10-4-3-6-13-10;/h9-10,13H,3-8H2,1-2H3,(H,14,17)(H,15,16);1H. The minimum Gasteiger partial charge on any atom is -0.356 e. The molecule has 1 heterocycles. The smallest absolute Gasteiger partial charge is 0.237 e. The molecule has 1 unspecified atom stereocenters. The highest BCUT2D eigenvalue weighted by molar-refractivity contribution is 5.85. The lowest BCUT2D eigenvalue weighted by Crippen LogP contribution is -2.41. The number of halogens is 1. The number of carbonyl (C=O) groups excluding carboxylic acids is 2. The average Bonchev–Trinajstić information content (AvgIpc) is 2.79. The van der Waals surface area contributed by atoms with Crippen molar-refractivity contribution in [3.63, 3.8) is 0 Å². The van der Waals surface area contributed by atoms with Crippen molar-refractivity contribution in [3.05, 3.63) is 0 Å². The molecule has 3 N–H and O–H groups in total. The van der Waals surface area contributed by atoms with E-state index < -0.39 is 0 Å². The summed E-state index contributed by atoms with van der Waals surface area (Å²) in [7, 11) is 0. The van der Waals surface area contributed by atoms with E-state index in [1.807, 2.05) is 13.8 Å². The van der Waals surface area contributed by atoms with Gasteiger partial charge in [0.1, 0.15) is 0 Å². The fourth-order valence-corrected chi connectivity index (χ4v) is 1.74. The molecule has 1 rings (SSSR count). The molecule has 5 nitrogen and oxygen atoms in total. The van der Waals surface area contributed by atoms with E-state index in [4.69, 9.17) is 0 Å². The number of hydrogen-bond donors (Lipinski definition) is 3. The highest BCUT2D eigenvalue weighted by Gasteiger charge is 2.21. The Balaban J connectivity index is 0.00000289. The summed E-state index contributed by atoms with van der Waals surface area (Å²) in [6.07, 6.45) is 2.30. The minimum absolute atomic E-state index is 0. The summed E-state index contributed by atoms with van der Waals surface area (Å²) in [6, 6.07) is -0.0614. The normalized spacial score (nSPS) is 18.3. The van der Waals surface area contributed by atoms with Gasteiger partial charge >= 0.3 is 0 Å². The molecule has 1 fully saturated rings. The van der Waals surface area contributed by atoms with E-state index >= 15 is 0 Å². The Morgan fingerprint density at radius 3 is 2.61 bits per heavy atom. The van der Waals surface area contributed by atoms with Crippen molar-refractivity contribution in [2.75, 3.05) is 19.6 Å². The van der Waals surface area contributed by atoms with Crippen LogP contribution in [0.25, 0.3) is 0 Å². The van der Waals surface area contributed by atoms with Gasteiger partial charge in [0.05, 0.1) is 6.04 Å². The molecule has 0 aromatic carbocycles. The highest BCUT2D eigenvalue weighted by atomic mass is 35.5. The third-order valence-corrected chi connectivity index (χ3v) is 2.74. The Morgan fingerprint density at radius 1 is 1.33 bits per heavy atom. The van der Waals surface area contributed by atoms with Crippen molar-refractivity contribution < 1.29 is 9.59 Å². The van der Waals surface area contributed by atoms with Gasteiger partial charge in [-0.2, -0.15) is 0 Å². The maximum Gasteiger partial charge on any atom is 0.237 e. The molecule has 0 bridgehead atoms. The van der Waals surface area contributed by atoms with Crippen LogP contribution in [0, 0.1) is 5.92 Å². The van der Waals surface area contributed by atoms with E-state index in [0.717, 1.165) is 19.4 Å². The molecule has 106 valence electrons. The van der Waals surface area contributed by atoms with Gasteiger partial charge in [-0.3, -0.25) is 9.59 Å². The SMILES string of the molecule is CC(C)CNC(=O)CCNC(=O)C1CCCN1.Cl. The quantitative estimate of drug-likeness (QED) is 0.660. The van der Waals surface area contributed by atoms with Gasteiger partial charge in [-0.1, -0.05) is 13.8 Å². The summed E-state index contributed by atoms with van der Waals surface area (Å²) in [4.78, 5) is 23.0. The second-order valence-corrected chi connectivity index (χ2v) is 4.89. The lowest BCUT2D eigenvalue weighted by molar-refractivity contribution is -0.123. The molecule has 1 saturated heterocycles. The molecule has 1 aliphatic heterocycles. The van der Waals surface area contributed by atoms with Gasteiger partial charge in [0, 0.05) is 19.5 Å². The summed E-state index contributed by atoms with van der Waals surface area (Å²) in [5.74, 6) is 0.466. The molecule has 2 amide bonds. The van der Waals surface area contributed by atoms with E-state index in [1.54, 1.807) is 0 Å². The second-order valence-electron chi connectivity index (χ2n) is 4.89. The predicted octanol–water partition coefficient (Wildman–Crippen LogP) is 0.439. The monoisotopic (exact) mass is 277 g/mol. The molecule has 1 aliphatic rings. The number of rotatable bonds is 6. The van der Waals surface area contributed by atoms with Crippen LogP contribution in [0.2, 0.25) is 0 Å². The molecule has 0 aromatic rings. The van der Waals surface area contributed by atoms with Crippen LogP contribution >= 0.6 is 12.4 Å². The minimum atomic E-state index is -0.0614. The van der Waals surface area contributed by atoms with Crippen LogP contribution in [0.1, 0.15) is 33.1 Å². The Hall–Kier alpha value is -0.810. The number of nitrogens with one attached hydrogen (secondary N) is 3. The molecule has 0 aliphatic carbocycles. The van der Waals surface area contributed by atoms with Gasteiger partial charge in [-0.05, 0) is 25.3 Å². The van der Waals surface area contributed by atoms with Gasteiger partial charge in [-0.25, -0.2) is 0 Å². The van der Waals surface area contributed by atoms with E-state index in [-0.39, 0.29) is 30.3 Å². The topological polar surface area (TPSA) is 70.2 Å². The zero-order valence-electron chi connectivity index (χ0n) is 11.1. The lowest BCUT2D eigenvalue weighted by atomic mass is 10.2. The summed E-state index contributed by atoms with van der Waals surface area (Å²) < 4.78 is 0. The average molecular weight is 278 g/mol. The molecule has 0 radical (unpaired) electrons. The summed E-state index contributed by atoms with van der Waals surface area (Å²) >= 11 is 0. The Morgan fingerprint density at radius 2 is 2.06 bits per heavy atom. The van der Waals surface area contributed by atoms with E-state index in [9.17, 15) is 9.59 Å². The third kappa shape index (κ3) is 6.81. The van der Waals surface area contributed by atoms with Crippen LogP contribution in [-0.4, -0.2) is 37.5 Å². The van der Waals surface area contributed by atoms with Crippen molar-refractivity contribution in [1.29, 1.82) is 0 Å². The number of carbonyl (C=O) groups is 2. The fraction of sp³-hybridized carbons (Fsp3) is 0.833. The van der Waals surface area contributed by atoms with Crippen LogP contribution in [-0.2, 0) is 9.59 Å². The van der Waals surface area contributed by atoms with Crippen LogP contribution in [0.3, 0.4) is 0 Å². The molecular formula is C12H24ClN3O2. The molecule has 6 heteroatoms. The van der Waals surface area contributed by atoms with Gasteiger partial charge in [-0.15, -0.1) is 12.4 Å². The van der Waals surface area contributed by atoms with E-state index in [2.05, 4.69) is 16.0 Å². The molecule has 0 saturated carbocycles. The summed E-state index contributed by atoms with van der Waals surface area (Å²) in [5, 5.41) is 8.72. The van der Waals surface area contributed by atoms with Crippen LogP contribution in [0.15, 0.2) is 0 Å². The molecule has 1 atom stereocenters. The van der Waals surface area contributed by atoms with Crippen molar-refractivity contribution in [1.82, 2.24) is 16.0 Å². The second kappa shape index (κ2) is 9.16. The highest BCUT2D eigenvalue weighted by Crippen LogP contribution is 2.04. The largest absolute Gasteiger partial charge is 0.356 e. The van der Waals surface area contributed by atoms with E-state index in [1.165, 1.54) is 0 Å². The Kier molecular flexibility index (Phi) is 8.75. The van der Waals surface area contributed by atoms with Crippen molar-refractivity contribution in [3.8, 4) is 0 Å². The maximum atomic E-state index is 11.6. The molecular weight excluding hydrogens is 254 g/mol. The third-order valence-electron chi connectivity index (χ3n) is 2.74. The van der Waals surface area contributed by atoms with Gasteiger partial charge in [0.2, 0.25) is 11.8 Å². The summed E-state index contributed by atoms with van der Waals surface area (Å²) in [5.41, 5.74) is 0. The molecule has 0 spiro atoms. The predicted molar refractivity (Wildman–Crippen MR) is 73.7 cm³/mol. The first kappa shape index (κ1) is 17.2. The number of amides is 2. The first-order chi connectivity index (χ1) is 8.09. The first-order valence-electron chi connectivity index (χ1n) is 6.37. The Bertz CT molecular complexity index is 266.